The predicted molar refractivity (Wildman–Crippen MR) is 111 cm³/mol. The molecule has 3 unspecified atom stereocenters. The average Bonchev–Trinajstić information content (AvgIpc) is 2.60. The molecule has 0 rings (SSSR count). The summed E-state index contributed by atoms with van der Waals surface area (Å²) in [5.41, 5.74) is 0. The number of ether oxygens (including phenoxy) is 2. The van der Waals surface area contributed by atoms with Crippen LogP contribution in [-0.4, -0.2) is 37.1 Å². The topological polar surface area (TPSA) is 38.7 Å². The average molecular weight is 359 g/mol. The normalized spacial score (nSPS) is 13.6. The van der Waals surface area contributed by atoms with Crippen LogP contribution in [0, 0.1) is 18.8 Å². The fraction of sp³-hybridized carbons (Fsp3) is 0.909. The van der Waals surface area contributed by atoms with Crippen LogP contribution in [0.2, 0.25) is 0 Å². The molecule has 0 aliphatic heterocycles. The van der Waals surface area contributed by atoms with Gasteiger partial charge in [-0.1, -0.05) is 66.7 Å². The number of unbranched alkanes of at least 4 members (excludes halogenated alkanes) is 4. The molecule has 152 valence electrons. The third-order valence-corrected chi connectivity index (χ3v) is 3.76. The van der Waals surface area contributed by atoms with E-state index in [9.17, 15) is 5.11 Å². The third-order valence-electron chi connectivity index (χ3n) is 3.76. The minimum absolute atomic E-state index is 0.123. The number of terminal acetylenes is 1. The van der Waals surface area contributed by atoms with E-state index in [4.69, 9.17) is 9.47 Å². The predicted octanol–water partition coefficient (Wildman–Crippen LogP) is 5.84. The van der Waals surface area contributed by atoms with Crippen molar-refractivity contribution in [1.29, 1.82) is 0 Å². The molecule has 0 radical (unpaired) electrons. The van der Waals surface area contributed by atoms with Gasteiger partial charge in [0.25, 0.3) is 0 Å². The van der Waals surface area contributed by atoms with Gasteiger partial charge in [-0.3, -0.25) is 0 Å². The molecule has 0 spiro atoms. The number of aliphatic hydroxyl groups excluding tert-OH is 1. The van der Waals surface area contributed by atoms with Crippen LogP contribution in [-0.2, 0) is 9.47 Å². The van der Waals surface area contributed by atoms with E-state index in [1.807, 2.05) is 6.92 Å². The third kappa shape index (κ3) is 25.8. The van der Waals surface area contributed by atoms with Crippen molar-refractivity contribution in [2.24, 2.45) is 5.92 Å². The molecule has 0 aliphatic carbocycles. The highest BCUT2D eigenvalue weighted by atomic mass is 16.5. The Morgan fingerprint density at radius 2 is 1.32 bits per heavy atom. The summed E-state index contributed by atoms with van der Waals surface area (Å²) in [5, 5.41) is 9.62. The first kappa shape index (κ1) is 29.2. The molecule has 3 heteroatoms. The maximum Gasteiger partial charge on any atom is 0.0812 e. The second-order valence-electron chi connectivity index (χ2n) is 6.64. The van der Waals surface area contributed by atoms with Crippen molar-refractivity contribution in [2.45, 2.75) is 105 Å². The number of hydrogen-bond donors (Lipinski definition) is 1. The lowest BCUT2D eigenvalue weighted by atomic mass is 9.99. The Balaban J connectivity index is -0.000000866. The van der Waals surface area contributed by atoms with Gasteiger partial charge >= 0.3 is 0 Å². The van der Waals surface area contributed by atoms with Gasteiger partial charge in [0.15, 0.2) is 0 Å². The Kier molecular flexibility index (Phi) is 30.0. The Labute approximate surface area is 158 Å². The van der Waals surface area contributed by atoms with E-state index in [0.717, 1.165) is 32.5 Å². The van der Waals surface area contributed by atoms with Gasteiger partial charge in [-0.25, -0.2) is 0 Å². The molecular formula is C22H46O3. The van der Waals surface area contributed by atoms with Crippen LogP contribution >= 0.6 is 0 Å². The van der Waals surface area contributed by atoms with E-state index in [2.05, 4.69) is 47.5 Å². The SMILES string of the molecule is C#C.CCC.CCCCCOCC(CC(C)C(C)O)OCCCCC. The highest BCUT2D eigenvalue weighted by Crippen LogP contribution is 2.14. The molecule has 0 saturated carbocycles. The lowest BCUT2D eigenvalue weighted by molar-refractivity contribution is -0.0374. The van der Waals surface area contributed by atoms with Crippen LogP contribution in [0.15, 0.2) is 0 Å². The fourth-order valence-electron chi connectivity index (χ4n) is 2.07. The van der Waals surface area contributed by atoms with Crippen LogP contribution in [0.5, 0.6) is 0 Å². The van der Waals surface area contributed by atoms with Crippen LogP contribution in [0.1, 0.15) is 92.9 Å². The lowest BCUT2D eigenvalue weighted by Crippen LogP contribution is -2.27. The Morgan fingerprint density at radius 1 is 0.840 bits per heavy atom. The summed E-state index contributed by atoms with van der Waals surface area (Å²) in [5.74, 6) is 0.255. The molecule has 0 aromatic carbocycles. The van der Waals surface area contributed by atoms with Crippen molar-refractivity contribution < 1.29 is 14.6 Å². The van der Waals surface area contributed by atoms with E-state index in [1.165, 1.54) is 32.1 Å². The van der Waals surface area contributed by atoms with Gasteiger partial charge < -0.3 is 14.6 Å². The summed E-state index contributed by atoms with van der Waals surface area (Å²) in [6.07, 6.45) is 17.1. The van der Waals surface area contributed by atoms with Gasteiger partial charge in [-0.15, -0.1) is 12.8 Å². The second kappa shape index (κ2) is 25.7. The van der Waals surface area contributed by atoms with Crippen LogP contribution in [0.25, 0.3) is 0 Å². The molecule has 1 N–H and O–H groups in total. The number of aliphatic hydroxyl groups is 1. The molecule has 3 nitrogen and oxygen atoms in total. The Morgan fingerprint density at radius 3 is 1.76 bits per heavy atom. The first-order chi connectivity index (χ1) is 12.0. The van der Waals surface area contributed by atoms with Crippen molar-refractivity contribution >= 4 is 0 Å². The van der Waals surface area contributed by atoms with Crippen LogP contribution in [0.3, 0.4) is 0 Å². The van der Waals surface area contributed by atoms with E-state index >= 15 is 0 Å². The van der Waals surface area contributed by atoms with Gasteiger partial charge in [0.2, 0.25) is 0 Å². The number of rotatable bonds is 14. The van der Waals surface area contributed by atoms with Crippen molar-refractivity contribution in [3.63, 3.8) is 0 Å². The quantitative estimate of drug-likeness (QED) is 0.313. The van der Waals surface area contributed by atoms with Crippen molar-refractivity contribution in [2.75, 3.05) is 19.8 Å². The van der Waals surface area contributed by atoms with Gasteiger partial charge in [-0.2, -0.15) is 0 Å². The summed E-state index contributed by atoms with van der Waals surface area (Å²) in [7, 11) is 0. The highest BCUT2D eigenvalue weighted by molar-refractivity contribution is 4.67. The summed E-state index contributed by atoms with van der Waals surface area (Å²) >= 11 is 0. The Hall–Kier alpha value is -0.560. The van der Waals surface area contributed by atoms with E-state index < -0.39 is 0 Å². The minimum atomic E-state index is -0.281. The molecule has 0 amide bonds. The molecule has 0 heterocycles. The molecule has 25 heavy (non-hydrogen) atoms. The summed E-state index contributed by atoms with van der Waals surface area (Å²) in [6.45, 7) is 14.9. The number of hydrogen-bond acceptors (Lipinski definition) is 3. The Bertz CT molecular complexity index is 239. The van der Waals surface area contributed by atoms with Crippen molar-refractivity contribution in [1.82, 2.24) is 0 Å². The van der Waals surface area contributed by atoms with Crippen molar-refractivity contribution in [3.8, 4) is 12.8 Å². The summed E-state index contributed by atoms with van der Waals surface area (Å²) < 4.78 is 11.7. The summed E-state index contributed by atoms with van der Waals surface area (Å²) in [6, 6.07) is 0. The highest BCUT2D eigenvalue weighted by Gasteiger charge is 2.17. The van der Waals surface area contributed by atoms with Gasteiger partial charge in [0, 0.05) is 13.2 Å². The molecule has 0 aromatic rings. The monoisotopic (exact) mass is 358 g/mol. The van der Waals surface area contributed by atoms with Crippen molar-refractivity contribution in [3.05, 3.63) is 0 Å². The molecule has 0 fully saturated rings. The first-order valence-corrected chi connectivity index (χ1v) is 10.2. The molecular weight excluding hydrogens is 312 g/mol. The standard InChI is InChI=1S/C17H36O3.C3H8.C2H2/c1-5-7-9-11-19-14-17(13-15(3)16(4)18)20-12-10-8-6-2;1-3-2;1-2/h15-18H,5-14H2,1-4H3;3H2,1-2H3;1-2H. The maximum atomic E-state index is 9.62. The van der Waals surface area contributed by atoms with Crippen LogP contribution in [0.4, 0.5) is 0 Å². The zero-order chi connectivity index (χ0) is 19.9. The summed E-state index contributed by atoms with van der Waals surface area (Å²) in [4.78, 5) is 0. The minimum Gasteiger partial charge on any atom is -0.393 e. The molecule has 0 saturated heterocycles. The maximum absolute atomic E-state index is 9.62. The first-order valence-electron chi connectivity index (χ1n) is 10.2. The van der Waals surface area contributed by atoms with Gasteiger partial charge in [0.05, 0.1) is 18.8 Å². The zero-order valence-electron chi connectivity index (χ0n) is 17.9. The largest absolute Gasteiger partial charge is 0.393 e. The van der Waals surface area contributed by atoms with Gasteiger partial charge in [0.1, 0.15) is 0 Å². The second-order valence-corrected chi connectivity index (χ2v) is 6.64. The van der Waals surface area contributed by atoms with E-state index in [0.29, 0.717) is 6.61 Å². The van der Waals surface area contributed by atoms with Crippen LogP contribution < -0.4 is 0 Å². The zero-order valence-corrected chi connectivity index (χ0v) is 17.9. The lowest BCUT2D eigenvalue weighted by Gasteiger charge is -2.23. The smallest absolute Gasteiger partial charge is 0.0812 e. The van der Waals surface area contributed by atoms with E-state index in [1.54, 1.807) is 0 Å². The molecule has 0 bridgehead atoms. The molecule has 3 atom stereocenters. The fourth-order valence-corrected chi connectivity index (χ4v) is 2.07. The van der Waals surface area contributed by atoms with Gasteiger partial charge in [-0.05, 0) is 32.1 Å². The molecule has 0 aliphatic rings. The van der Waals surface area contributed by atoms with E-state index in [-0.39, 0.29) is 18.1 Å². The molecule has 0 aromatic heterocycles.